The van der Waals surface area contributed by atoms with Crippen LogP contribution in [-0.2, 0) is 16.1 Å². The number of nitrogens with zero attached hydrogens (tertiary/aromatic N) is 1. The van der Waals surface area contributed by atoms with Gasteiger partial charge in [-0.3, -0.25) is 9.59 Å². The first-order valence-electron chi connectivity index (χ1n) is 12.1. The molecular formula is C27H34Cl2N2O3. The third kappa shape index (κ3) is 7.92. The van der Waals surface area contributed by atoms with E-state index in [1.165, 1.54) is 12.0 Å². The zero-order valence-electron chi connectivity index (χ0n) is 20.0. The lowest BCUT2D eigenvalue weighted by atomic mass is 9.95. The quantitative estimate of drug-likeness (QED) is 0.384. The Morgan fingerprint density at radius 2 is 1.76 bits per heavy atom. The summed E-state index contributed by atoms with van der Waals surface area (Å²) in [6.45, 7) is 4.53. The van der Waals surface area contributed by atoms with E-state index in [0.717, 1.165) is 37.0 Å². The Labute approximate surface area is 212 Å². The molecule has 1 N–H and O–H groups in total. The molecule has 5 nitrogen and oxygen atoms in total. The summed E-state index contributed by atoms with van der Waals surface area (Å²) in [7, 11) is 0. The summed E-state index contributed by atoms with van der Waals surface area (Å²) in [5, 5.41) is 4.03. The first kappa shape index (κ1) is 26.4. The molecule has 2 amide bonds. The standard InChI is InChI=1S/C27H34Cl2N2O3/c1-19-10-13-23(14-11-19)34-16-6-9-26(32)31(18-21-12-15-24(28)25(29)17-21)20(2)27(33)30-22-7-4-3-5-8-22/h10-15,17,20,22H,3-9,16,18H2,1-2H3,(H,30,33). The van der Waals surface area contributed by atoms with Crippen LogP contribution in [0.2, 0.25) is 10.0 Å². The molecule has 3 rings (SSSR count). The molecule has 1 saturated carbocycles. The average molecular weight is 505 g/mol. The molecule has 1 atom stereocenters. The Hall–Kier alpha value is -2.24. The summed E-state index contributed by atoms with van der Waals surface area (Å²) in [6.07, 6.45) is 6.31. The summed E-state index contributed by atoms with van der Waals surface area (Å²) in [4.78, 5) is 27.9. The van der Waals surface area contributed by atoms with Crippen LogP contribution in [-0.4, -0.2) is 35.4 Å². The van der Waals surface area contributed by atoms with Gasteiger partial charge in [0.15, 0.2) is 0 Å². The molecule has 0 spiro atoms. The molecule has 0 radical (unpaired) electrons. The lowest BCUT2D eigenvalue weighted by molar-refractivity contribution is -0.141. The number of benzene rings is 2. The van der Waals surface area contributed by atoms with Crippen molar-refractivity contribution < 1.29 is 14.3 Å². The molecular weight excluding hydrogens is 471 g/mol. The van der Waals surface area contributed by atoms with E-state index in [1.54, 1.807) is 24.0 Å². The predicted octanol–water partition coefficient (Wildman–Crippen LogP) is 6.33. The molecule has 184 valence electrons. The maximum Gasteiger partial charge on any atom is 0.242 e. The Morgan fingerprint density at radius 3 is 2.44 bits per heavy atom. The van der Waals surface area contributed by atoms with Crippen LogP contribution in [0.1, 0.15) is 63.0 Å². The summed E-state index contributed by atoms with van der Waals surface area (Å²) in [6, 6.07) is 12.7. The second-order valence-corrected chi connectivity index (χ2v) is 9.87. The highest BCUT2D eigenvalue weighted by Crippen LogP contribution is 2.24. The molecule has 2 aromatic rings. The van der Waals surface area contributed by atoms with Crippen LogP contribution in [0.4, 0.5) is 0 Å². The zero-order chi connectivity index (χ0) is 24.5. The van der Waals surface area contributed by atoms with Crippen LogP contribution in [0.15, 0.2) is 42.5 Å². The lowest BCUT2D eigenvalue weighted by Gasteiger charge is -2.31. The Bertz CT molecular complexity index is 959. The molecule has 0 bridgehead atoms. The highest BCUT2D eigenvalue weighted by molar-refractivity contribution is 6.42. The maximum atomic E-state index is 13.2. The van der Waals surface area contributed by atoms with Crippen LogP contribution in [0.25, 0.3) is 0 Å². The number of aryl methyl sites for hydroxylation is 1. The van der Waals surface area contributed by atoms with Crippen molar-refractivity contribution in [3.8, 4) is 5.75 Å². The van der Waals surface area contributed by atoms with Gasteiger partial charge in [0.25, 0.3) is 0 Å². The third-order valence-electron chi connectivity index (χ3n) is 6.28. The molecule has 2 aromatic carbocycles. The molecule has 1 fully saturated rings. The van der Waals surface area contributed by atoms with Crippen molar-refractivity contribution in [3.63, 3.8) is 0 Å². The topological polar surface area (TPSA) is 58.6 Å². The van der Waals surface area contributed by atoms with E-state index in [1.807, 2.05) is 37.3 Å². The molecule has 34 heavy (non-hydrogen) atoms. The van der Waals surface area contributed by atoms with Gasteiger partial charge in [0, 0.05) is 19.0 Å². The molecule has 0 aliphatic heterocycles. The van der Waals surface area contributed by atoms with E-state index in [-0.39, 0.29) is 30.8 Å². The minimum Gasteiger partial charge on any atom is -0.494 e. The van der Waals surface area contributed by atoms with Crippen molar-refractivity contribution in [2.24, 2.45) is 0 Å². The number of rotatable bonds is 10. The fourth-order valence-electron chi connectivity index (χ4n) is 4.18. The second-order valence-electron chi connectivity index (χ2n) is 9.05. The van der Waals surface area contributed by atoms with Gasteiger partial charge >= 0.3 is 0 Å². The average Bonchev–Trinajstić information content (AvgIpc) is 2.83. The normalized spacial score (nSPS) is 14.9. The lowest BCUT2D eigenvalue weighted by Crippen LogP contribution is -2.50. The van der Waals surface area contributed by atoms with Crippen molar-refractivity contribution in [2.45, 2.75) is 77.4 Å². The second kappa shape index (κ2) is 13.0. The van der Waals surface area contributed by atoms with Crippen molar-refractivity contribution in [3.05, 3.63) is 63.6 Å². The highest BCUT2D eigenvalue weighted by atomic mass is 35.5. The van der Waals surface area contributed by atoms with E-state index >= 15 is 0 Å². The molecule has 0 heterocycles. The third-order valence-corrected chi connectivity index (χ3v) is 7.02. The van der Waals surface area contributed by atoms with Crippen molar-refractivity contribution in [1.29, 1.82) is 0 Å². The highest BCUT2D eigenvalue weighted by Gasteiger charge is 2.28. The van der Waals surface area contributed by atoms with Gasteiger partial charge in [-0.1, -0.05) is 66.2 Å². The Kier molecular flexibility index (Phi) is 10.1. The van der Waals surface area contributed by atoms with Crippen molar-refractivity contribution in [1.82, 2.24) is 10.2 Å². The summed E-state index contributed by atoms with van der Waals surface area (Å²) in [5.41, 5.74) is 2.00. The number of amides is 2. The van der Waals surface area contributed by atoms with E-state index in [4.69, 9.17) is 27.9 Å². The molecule has 0 aromatic heterocycles. The Morgan fingerprint density at radius 1 is 1.06 bits per heavy atom. The number of halogens is 2. The van der Waals surface area contributed by atoms with Crippen LogP contribution in [0, 0.1) is 6.92 Å². The maximum absolute atomic E-state index is 13.2. The van der Waals surface area contributed by atoms with Gasteiger partial charge in [-0.05, 0) is 62.9 Å². The minimum absolute atomic E-state index is 0.0927. The van der Waals surface area contributed by atoms with Crippen molar-refractivity contribution >= 4 is 35.0 Å². The number of ether oxygens (including phenoxy) is 1. The fourth-order valence-corrected chi connectivity index (χ4v) is 4.50. The number of nitrogens with one attached hydrogen (secondary N) is 1. The van der Waals surface area contributed by atoms with Gasteiger partial charge in [0.05, 0.1) is 16.7 Å². The number of hydrogen-bond acceptors (Lipinski definition) is 3. The van der Waals surface area contributed by atoms with Gasteiger partial charge in [-0.25, -0.2) is 0 Å². The van der Waals surface area contributed by atoms with Gasteiger partial charge in [0.2, 0.25) is 11.8 Å². The van der Waals surface area contributed by atoms with Crippen LogP contribution >= 0.6 is 23.2 Å². The summed E-state index contributed by atoms with van der Waals surface area (Å²) in [5.74, 6) is 0.576. The monoisotopic (exact) mass is 504 g/mol. The van der Waals surface area contributed by atoms with Gasteiger partial charge in [-0.2, -0.15) is 0 Å². The van der Waals surface area contributed by atoms with Gasteiger partial charge in [0.1, 0.15) is 11.8 Å². The largest absolute Gasteiger partial charge is 0.494 e. The SMILES string of the molecule is Cc1ccc(OCCCC(=O)N(Cc2ccc(Cl)c(Cl)c2)C(C)C(=O)NC2CCCCC2)cc1. The molecule has 1 aliphatic rings. The Balaban J connectivity index is 1.62. The minimum atomic E-state index is -0.595. The molecule has 1 unspecified atom stereocenters. The van der Waals surface area contributed by atoms with Gasteiger partial charge in [-0.15, -0.1) is 0 Å². The predicted molar refractivity (Wildman–Crippen MR) is 137 cm³/mol. The number of carbonyl (C=O) groups excluding carboxylic acids is 2. The fraction of sp³-hybridized carbons (Fsp3) is 0.481. The molecule has 1 aliphatic carbocycles. The number of hydrogen-bond donors (Lipinski definition) is 1. The molecule has 7 heteroatoms. The van der Waals surface area contributed by atoms with Crippen LogP contribution in [0.5, 0.6) is 5.75 Å². The van der Waals surface area contributed by atoms with Crippen molar-refractivity contribution in [2.75, 3.05) is 6.61 Å². The first-order valence-corrected chi connectivity index (χ1v) is 12.8. The van der Waals surface area contributed by atoms with E-state index in [0.29, 0.717) is 23.1 Å². The summed E-state index contributed by atoms with van der Waals surface area (Å²) < 4.78 is 5.76. The summed E-state index contributed by atoms with van der Waals surface area (Å²) >= 11 is 12.2. The smallest absolute Gasteiger partial charge is 0.242 e. The van der Waals surface area contributed by atoms with Crippen LogP contribution in [0.3, 0.4) is 0 Å². The first-order chi connectivity index (χ1) is 16.3. The van der Waals surface area contributed by atoms with E-state index < -0.39 is 6.04 Å². The van der Waals surface area contributed by atoms with Gasteiger partial charge < -0.3 is 15.0 Å². The zero-order valence-corrected chi connectivity index (χ0v) is 21.5. The molecule has 0 saturated heterocycles. The van der Waals surface area contributed by atoms with E-state index in [9.17, 15) is 9.59 Å². The van der Waals surface area contributed by atoms with E-state index in [2.05, 4.69) is 5.32 Å². The van der Waals surface area contributed by atoms with Crippen LogP contribution < -0.4 is 10.1 Å². The number of carbonyl (C=O) groups is 2.